The Morgan fingerprint density at radius 3 is 2.73 bits per heavy atom. The molecular weight excluding hydrogens is 186 g/mol. The molecule has 1 unspecified atom stereocenters. The number of carbonyl (C=O) groups is 1. The van der Waals surface area contributed by atoms with Gasteiger partial charge in [0, 0.05) is 13.0 Å². The summed E-state index contributed by atoms with van der Waals surface area (Å²) >= 11 is 0. The number of hydrogen-bond donors (Lipinski definition) is 1. The SMILES string of the molecule is CCCCCC1C[C@@H]1[C@@H]1C[C@@H]1C(=O)NC. The number of hydrogen-bond acceptors (Lipinski definition) is 1. The van der Waals surface area contributed by atoms with E-state index in [9.17, 15) is 4.79 Å². The van der Waals surface area contributed by atoms with Gasteiger partial charge in [-0.1, -0.05) is 32.6 Å². The molecular formula is C13H23NO. The van der Waals surface area contributed by atoms with Gasteiger partial charge in [-0.25, -0.2) is 0 Å². The van der Waals surface area contributed by atoms with Crippen molar-refractivity contribution in [1.29, 1.82) is 0 Å². The summed E-state index contributed by atoms with van der Waals surface area (Å²) in [5, 5.41) is 2.77. The maximum absolute atomic E-state index is 11.4. The lowest BCUT2D eigenvalue weighted by Gasteiger charge is -1.99. The summed E-state index contributed by atoms with van der Waals surface area (Å²) in [4.78, 5) is 11.4. The van der Waals surface area contributed by atoms with Crippen LogP contribution in [0.2, 0.25) is 0 Å². The zero-order valence-corrected chi connectivity index (χ0v) is 9.96. The number of nitrogens with one attached hydrogen (secondary N) is 1. The van der Waals surface area contributed by atoms with E-state index in [1.54, 1.807) is 7.05 Å². The fraction of sp³-hybridized carbons (Fsp3) is 0.923. The second-order valence-electron chi connectivity index (χ2n) is 5.28. The van der Waals surface area contributed by atoms with Crippen LogP contribution in [0.3, 0.4) is 0 Å². The van der Waals surface area contributed by atoms with E-state index >= 15 is 0 Å². The summed E-state index contributed by atoms with van der Waals surface area (Å²) in [6.45, 7) is 2.26. The van der Waals surface area contributed by atoms with E-state index in [0.717, 1.165) is 24.2 Å². The van der Waals surface area contributed by atoms with Crippen LogP contribution in [0.1, 0.15) is 45.4 Å². The summed E-state index contributed by atoms with van der Waals surface area (Å²) in [6, 6.07) is 0. The molecule has 2 saturated carbocycles. The highest BCUT2D eigenvalue weighted by Crippen LogP contribution is 2.59. The van der Waals surface area contributed by atoms with Gasteiger partial charge < -0.3 is 5.32 Å². The smallest absolute Gasteiger partial charge is 0.223 e. The van der Waals surface area contributed by atoms with E-state index in [-0.39, 0.29) is 5.91 Å². The number of amides is 1. The lowest BCUT2D eigenvalue weighted by Crippen LogP contribution is -2.20. The molecule has 0 aromatic heterocycles. The Labute approximate surface area is 92.8 Å². The largest absolute Gasteiger partial charge is 0.359 e. The summed E-state index contributed by atoms with van der Waals surface area (Å²) in [7, 11) is 1.75. The lowest BCUT2D eigenvalue weighted by atomic mass is 10.1. The highest BCUT2D eigenvalue weighted by atomic mass is 16.1. The molecule has 2 heteroatoms. The molecule has 2 fully saturated rings. The molecule has 1 N–H and O–H groups in total. The van der Waals surface area contributed by atoms with E-state index in [1.165, 1.54) is 32.1 Å². The van der Waals surface area contributed by atoms with Gasteiger partial charge in [0.2, 0.25) is 5.91 Å². The van der Waals surface area contributed by atoms with E-state index in [0.29, 0.717) is 5.92 Å². The first kappa shape index (κ1) is 11.0. The fourth-order valence-corrected chi connectivity index (χ4v) is 2.96. The predicted octanol–water partition coefficient (Wildman–Crippen LogP) is 2.58. The monoisotopic (exact) mass is 209 g/mol. The van der Waals surface area contributed by atoms with Crippen molar-refractivity contribution in [3.63, 3.8) is 0 Å². The van der Waals surface area contributed by atoms with Gasteiger partial charge in [-0.2, -0.15) is 0 Å². The van der Waals surface area contributed by atoms with Gasteiger partial charge in [-0.05, 0) is 30.6 Å². The van der Waals surface area contributed by atoms with Crippen LogP contribution in [0, 0.1) is 23.7 Å². The third-order valence-corrected chi connectivity index (χ3v) is 4.13. The van der Waals surface area contributed by atoms with Gasteiger partial charge in [-0.15, -0.1) is 0 Å². The van der Waals surface area contributed by atoms with E-state index in [1.807, 2.05) is 0 Å². The quantitative estimate of drug-likeness (QED) is 0.669. The van der Waals surface area contributed by atoms with Crippen molar-refractivity contribution in [3.05, 3.63) is 0 Å². The maximum atomic E-state index is 11.4. The van der Waals surface area contributed by atoms with Crippen molar-refractivity contribution in [2.24, 2.45) is 23.7 Å². The molecule has 0 bridgehead atoms. The average molecular weight is 209 g/mol. The number of rotatable bonds is 6. The first-order valence-corrected chi connectivity index (χ1v) is 6.49. The minimum absolute atomic E-state index is 0.277. The zero-order valence-electron chi connectivity index (χ0n) is 9.96. The van der Waals surface area contributed by atoms with Gasteiger partial charge in [0.1, 0.15) is 0 Å². The molecule has 15 heavy (non-hydrogen) atoms. The Kier molecular flexibility index (Phi) is 3.32. The Morgan fingerprint density at radius 1 is 1.27 bits per heavy atom. The van der Waals surface area contributed by atoms with Crippen LogP contribution in [0.15, 0.2) is 0 Å². The number of carbonyl (C=O) groups excluding carboxylic acids is 1. The minimum Gasteiger partial charge on any atom is -0.359 e. The van der Waals surface area contributed by atoms with Crippen LogP contribution in [-0.2, 0) is 4.79 Å². The van der Waals surface area contributed by atoms with Crippen LogP contribution in [0.25, 0.3) is 0 Å². The second kappa shape index (κ2) is 4.54. The topological polar surface area (TPSA) is 29.1 Å². The lowest BCUT2D eigenvalue weighted by molar-refractivity contribution is -0.122. The van der Waals surface area contributed by atoms with Crippen LogP contribution < -0.4 is 5.32 Å². The first-order valence-electron chi connectivity index (χ1n) is 6.49. The van der Waals surface area contributed by atoms with Crippen molar-refractivity contribution >= 4 is 5.91 Å². The molecule has 0 radical (unpaired) electrons. The summed E-state index contributed by atoms with van der Waals surface area (Å²) in [6.07, 6.45) is 8.08. The predicted molar refractivity (Wildman–Crippen MR) is 61.4 cm³/mol. The van der Waals surface area contributed by atoms with Gasteiger partial charge in [-0.3, -0.25) is 4.79 Å². The van der Waals surface area contributed by atoms with E-state index in [4.69, 9.17) is 0 Å². The zero-order chi connectivity index (χ0) is 10.8. The summed E-state index contributed by atoms with van der Waals surface area (Å²) < 4.78 is 0. The van der Waals surface area contributed by atoms with Crippen LogP contribution in [-0.4, -0.2) is 13.0 Å². The fourth-order valence-electron chi connectivity index (χ4n) is 2.96. The van der Waals surface area contributed by atoms with Crippen LogP contribution in [0.5, 0.6) is 0 Å². The molecule has 86 valence electrons. The highest BCUT2D eigenvalue weighted by molar-refractivity contribution is 5.81. The highest BCUT2D eigenvalue weighted by Gasteiger charge is 2.55. The minimum atomic E-state index is 0.277. The third kappa shape index (κ3) is 2.53. The Morgan fingerprint density at radius 2 is 2.07 bits per heavy atom. The van der Waals surface area contributed by atoms with Gasteiger partial charge >= 0.3 is 0 Å². The first-order chi connectivity index (χ1) is 7.27. The van der Waals surface area contributed by atoms with Gasteiger partial charge in [0.05, 0.1) is 0 Å². The molecule has 0 heterocycles. The molecule has 0 spiro atoms. The van der Waals surface area contributed by atoms with Crippen molar-refractivity contribution < 1.29 is 4.79 Å². The molecule has 2 aliphatic rings. The Hall–Kier alpha value is -0.530. The Balaban J connectivity index is 1.62. The van der Waals surface area contributed by atoms with Gasteiger partial charge in [0.25, 0.3) is 0 Å². The molecule has 0 aromatic carbocycles. The Bertz CT molecular complexity index is 239. The van der Waals surface area contributed by atoms with Gasteiger partial charge in [0.15, 0.2) is 0 Å². The van der Waals surface area contributed by atoms with E-state index < -0.39 is 0 Å². The molecule has 0 aromatic rings. The van der Waals surface area contributed by atoms with Crippen LogP contribution >= 0.6 is 0 Å². The maximum Gasteiger partial charge on any atom is 0.223 e. The average Bonchev–Trinajstić information content (AvgIpc) is 3.09. The van der Waals surface area contributed by atoms with Crippen LogP contribution in [0.4, 0.5) is 0 Å². The van der Waals surface area contributed by atoms with Crippen molar-refractivity contribution in [3.8, 4) is 0 Å². The van der Waals surface area contributed by atoms with Crippen molar-refractivity contribution in [1.82, 2.24) is 5.32 Å². The molecule has 2 nitrogen and oxygen atoms in total. The number of unbranched alkanes of at least 4 members (excludes halogenated alkanes) is 2. The van der Waals surface area contributed by atoms with E-state index in [2.05, 4.69) is 12.2 Å². The third-order valence-electron chi connectivity index (χ3n) is 4.13. The summed E-state index contributed by atoms with van der Waals surface area (Å²) in [5.41, 5.74) is 0. The molecule has 0 aliphatic heterocycles. The summed E-state index contributed by atoms with van der Waals surface area (Å²) in [5.74, 6) is 3.27. The van der Waals surface area contributed by atoms with Crippen molar-refractivity contribution in [2.45, 2.75) is 45.4 Å². The molecule has 4 atom stereocenters. The molecule has 0 saturated heterocycles. The standard InChI is InChI=1S/C13H23NO/c1-3-4-5-6-9-7-10(9)11-8-12(11)13(15)14-2/h9-12H,3-8H2,1-2H3,(H,14,15)/t9?,10-,11-,12-/m0/s1. The second-order valence-corrected chi connectivity index (χ2v) is 5.28. The molecule has 2 rings (SSSR count). The molecule has 1 amide bonds. The normalized spacial score (nSPS) is 37.5. The molecule has 2 aliphatic carbocycles. The van der Waals surface area contributed by atoms with Crippen molar-refractivity contribution in [2.75, 3.05) is 7.05 Å².